The van der Waals surface area contributed by atoms with E-state index in [1.165, 1.54) is 36.4 Å². The van der Waals surface area contributed by atoms with Gasteiger partial charge in [-0.25, -0.2) is 4.39 Å². The predicted octanol–water partition coefficient (Wildman–Crippen LogP) is 3.62. The van der Waals surface area contributed by atoms with Gasteiger partial charge >= 0.3 is 5.97 Å². The molecule has 2 aromatic rings. The van der Waals surface area contributed by atoms with Crippen molar-refractivity contribution in [1.29, 1.82) is 0 Å². The van der Waals surface area contributed by atoms with Crippen LogP contribution in [0.2, 0.25) is 0 Å². The van der Waals surface area contributed by atoms with E-state index < -0.39 is 12.1 Å². The van der Waals surface area contributed by atoms with Crippen LogP contribution in [-0.4, -0.2) is 23.7 Å². The molecular weight excluding hydrogens is 353 g/mol. The number of hydrogen-bond donors (Lipinski definition) is 1. The smallest absolute Gasteiger partial charge is 0.316 e. The summed E-state index contributed by atoms with van der Waals surface area (Å²) in [7, 11) is 0. The van der Waals surface area contributed by atoms with E-state index in [4.69, 9.17) is 4.74 Å². The molecule has 26 heavy (non-hydrogen) atoms. The highest BCUT2D eigenvalue weighted by Crippen LogP contribution is 2.13. The Morgan fingerprint density at radius 1 is 1.08 bits per heavy atom. The number of esters is 1. The minimum atomic E-state index is -0.872. The molecule has 1 amide bonds. The van der Waals surface area contributed by atoms with Gasteiger partial charge in [0.1, 0.15) is 5.82 Å². The Hall–Kier alpha value is -2.34. The maximum Gasteiger partial charge on any atom is 0.316 e. The highest BCUT2D eigenvalue weighted by Gasteiger charge is 2.17. The van der Waals surface area contributed by atoms with Gasteiger partial charge in [0.05, 0.1) is 5.75 Å². The molecule has 0 bridgehead atoms. The zero-order chi connectivity index (χ0) is 18.9. The fourth-order valence-electron chi connectivity index (χ4n) is 2.16. The third kappa shape index (κ3) is 6.88. The maximum absolute atomic E-state index is 12.8. The van der Waals surface area contributed by atoms with E-state index in [0.717, 1.165) is 11.1 Å². The monoisotopic (exact) mass is 375 g/mol. The van der Waals surface area contributed by atoms with Crippen LogP contribution >= 0.6 is 11.8 Å². The molecule has 0 aromatic heterocycles. The van der Waals surface area contributed by atoms with Crippen LogP contribution in [0.1, 0.15) is 23.6 Å². The first-order valence-corrected chi connectivity index (χ1v) is 9.44. The van der Waals surface area contributed by atoms with Crippen LogP contribution in [0.5, 0.6) is 0 Å². The Morgan fingerprint density at radius 3 is 2.35 bits per heavy atom. The number of halogens is 1. The standard InChI is InChI=1S/C20H22FNO3S/c1-14-3-5-17(6-4-14)12-26-13-19(23)25-15(2)20(24)22-11-16-7-9-18(21)10-8-16/h3-10,15H,11-13H2,1-2H3,(H,22,24)/t15-/m1/s1. The molecule has 138 valence electrons. The Kier molecular flexibility index (Phi) is 7.66. The quantitative estimate of drug-likeness (QED) is 0.716. The third-order valence-electron chi connectivity index (χ3n) is 3.67. The normalized spacial score (nSPS) is 11.7. The highest BCUT2D eigenvalue weighted by molar-refractivity contribution is 7.99. The van der Waals surface area contributed by atoms with E-state index in [9.17, 15) is 14.0 Å². The molecule has 0 saturated carbocycles. The third-order valence-corrected chi connectivity index (χ3v) is 4.64. The van der Waals surface area contributed by atoms with Crippen LogP contribution in [0.3, 0.4) is 0 Å². The number of ether oxygens (including phenoxy) is 1. The molecule has 0 aliphatic carbocycles. The Bertz CT molecular complexity index is 732. The van der Waals surface area contributed by atoms with E-state index in [2.05, 4.69) is 5.32 Å². The minimum Gasteiger partial charge on any atom is -0.452 e. The molecule has 0 aliphatic rings. The molecule has 0 spiro atoms. The average molecular weight is 375 g/mol. The summed E-state index contributed by atoms with van der Waals surface area (Å²) in [6.07, 6.45) is -0.872. The van der Waals surface area contributed by atoms with Gasteiger partial charge in [-0.1, -0.05) is 42.0 Å². The summed E-state index contributed by atoms with van der Waals surface area (Å²) in [4.78, 5) is 23.8. The van der Waals surface area contributed by atoms with Crippen molar-refractivity contribution in [1.82, 2.24) is 5.32 Å². The van der Waals surface area contributed by atoms with Crippen molar-refractivity contribution in [2.24, 2.45) is 0 Å². The maximum atomic E-state index is 12.8. The second kappa shape index (κ2) is 9.97. The van der Waals surface area contributed by atoms with Gasteiger partial charge in [0.25, 0.3) is 5.91 Å². The van der Waals surface area contributed by atoms with Crippen LogP contribution in [-0.2, 0) is 26.6 Å². The number of rotatable bonds is 8. The predicted molar refractivity (Wildman–Crippen MR) is 101 cm³/mol. The topological polar surface area (TPSA) is 55.4 Å². The molecule has 0 saturated heterocycles. The van der Waals surface area contributed by atoms with E-state index in [0.29, 0.717) is 5.75 Å². The Labute approximate surface area is 157 Å². The number of amides is 1. The molecule has 2 rings (SSSR count). The van der Waals surface area contributed by atoms with Gasteiger partial charge in [-0.15, -0.1) is 11.8 Å². The first-order chi connectivity index (χ1) is 12.4. The molecule has 1 N–H and O–H groups in total. The number of hydrogen-bond acceptors (Lipinski definition) is 4. The minimum absolute atomic E-state index is 0.184. The first kappa shape index (κ1) is 20.0. The van der Waals surface area contributed by atoms with Crippen molar-refractivity contribution in [2.75, 3.05) is 5.75 Å². The van der Waals surface area contributed by atoms with Crippen molar-refractivity contribution in [3.63, 3.8) is 0 Å². The van der Waals surface area contributed by atoms with Crippen molar-refractivity contribution in [3.8, 4) is 0 Å². The lowest BCUT2D eigenvalue weighted by Gasteiger charge is -2.13. The van der Waals surface area contributed by atoms with E-state index in [-0.39, 0.29) is 24.0 Å². The van der Waals surface area contributed by atoms with Gasteiger partial charge in [-0.3, -0.25) is 9.59 Å². The molecule has 4 nitrogen and oxygen atoms in total. The summed E-state index contributed by atoms with van der Waals surface area (Å²) >= 11 is 1.44. The van der Waals surface area contributed by atoms with Gasteiger partial charge in [0, 0.05) is 12.3 Å². The summed E-state index contributed by atoms with van der Waals surface area (Å²) in [5.41, 5.74) is 3.10. The lowest BCUT2D eigenvalue weighted by atomic mass is 10.2. The van der Waals surface area contributed by atoms with Crippen molar-refractivity contribution < 1.29 is 18.7 Å². The molecule has 6 heteroatoms. The van der Waals surface area contributed by atoms with Crippen LogP contribution in [0.15, 0.2) is 48.5 Å². The summed E-state index contributed by atoms with van der Waals surface area (Å²) in [6, 6.07) is 14.0. The Balaban J connectivity index is 1.67. The SMILES string of the molecule is Cc1ccc(CSCC(=O)O[C@H](C)C(=O)NCc2ccc(F)cc2)cc1. The lowest BCUT2D eigenvalue weighted by molar-refractivity contribution is -0.152. The largest absolute Gasteiger partial charge is 0.452 e. The van der Waals surface area contributed by atoms with Crippen molar-refractivity contribution >= 4 is 23.6 Å². The van der Waals surface area contributed by atoms with Gasteiger partial charge < -0.3 is 10.1 Å². The number of carbonyl (C=O) groups is 2. The number of carbonyl (C=O) groups excluding carboxylic acids is 2. The zero-order valence-electron chi connectivity index (χ0n) is 14.8. The molecule has 0 heterocycles. The molecule has 0 radical (unpaired) electrons. The summed E-state index contributed by atoms with van der Waals surface area (Å²) in [5.74, 6) is -0.243. The number of aryl methyl sites for hydroxylation is 1. The second-order valence-corrected chi connectivity index (χ2v) is 6.94. The van der Waals surface area contributed by atoms with E-state index >= 15 is 0 Å². The summed E-state index contributed by atoms with van der Waals surface area (Å²) < 4.78 is 18.0. The van der Waals surface area contributed by atoms with Crippen molar-refractivity contribution in [2.45, 2.75) is 32.2 Å². The van der Waals surface area contributed by atoms with E-state index in [1.807, 2.05) is 31.2 Å². The fraction of sp³-hybridized carbons (Fsp3) is 0.300. The number of thioether (sulfide) groups is 1. The van der Waals surface area contributed by atoms with Gasteiger partial charge in [-0.2, -0.15) is 0 Å². The zero-order valence-corrected chi connectivity index (χ0v) is 15.6. The highest BCUT2D eigenvalue weighted by atomic mass is 32.2. The van der Waals surface area contributed by atoms with Crippen LogP contribution < -0.4 is 5.32 Å². The van der Waals surface area contributed by atoms with Gasteiger partial charge in [0.2, 0.25) is 0 Å². The first-order valence-electron chi connectivity index (χ1n) is 8.29. The lowest BCUT2D eigenvalue weighted by Crippen LogP contribution is -2.35. The summed E-state index contributed by atoms with van der Waals surface area (Å²) in [5, 5.41) is 2.67. The van der Waals surface area contributed by atoms with Crippen LogP contribution in [0.4, 0.5) is 4.39 Å². The fourth-order valence-corrected chi connectivity index (χ4v) is 2.92. The summed E-state index contributed by atoms with van der Waals surface area (Å²) in [6.45, 7) is 3.81. The molecular formula is C20H22FNO3S. The molecule has 0 unspecified atom stereocenters. The Morgan fingerprint density at radius 2 is 1.69 bits per heavy atom. The van der Waals surface area contributed by atoms with E-state index in [1.54, 1.807) is 12.1 Å². The molecule has 0 aliphatic heterocycles. The number of benzene rings is 2. The molecule has 1 atom stereocenters. The second-order valence-electron chi connectivity index (χ2n) is 5.95. The molecule has 0 fully saturated rings. The van der Waals surface area contributed by atoms with Crippen LogP contribution in [0, 0.1) is 12.7 Å². The average Bonchev–Trinajstić information content (AvgIpc) is 2.62. The molecule has 2 aromatic carbocycles. The number of nitrogens with one attached hydrogen (secondary N) is 1. The van der Waals surface area contributed by atoms with Gasteiger partial charge in [-0.05, 0) is 37.1 Å². The van der Waals surface area contributed by atoms with Gasteiger partial charge in [0.15, 0.2) is 6.10 Å². The van der Waals surface area contributed by atoms with Crippen LogP contribution in [0.25, 0.3) is 0 Å². The van der Waals surface area contributed by atoms with Crippen molar-refractivity contribution in [3.05, 3.63) is 71.0 Å².